The van der Waals surface area contributed by atoms with Gasteiger partial charge in [-0.3, -0.25) is 4.55 Å². The Bertz CT molecular complexity index is 1170. The summed E-state index contributed by atoms with van der Waals surface area (Å²) >= 11 is 0. The Hall–Kier alpha value is -2.70. The minimum atomic E-state index is -4.28. The summed E-state index contributed by atoms with van der Waals surface area (Å²) in [6, 6.07) is 17.6. The number of aryl methyl sites for hydroxylation is 2. The highest BCUT2D eigenvalue weighted by Gasteiger charge is 2.27. The number of hydrogen-bond acceptors (Lipinski definition) is 3. The molecule has 0 spiro atoms. The van der Waals surface area contributed by atoms with Gasteiger partial charge in [0.2, 0.25) is 0 Å². The van der Waals surface area contributed by atoms with Gasteiger partial charge in [0.25, 0.3) is 10.1 Å². The van der Waals surface area contributed by atoms with Crippen LogP contribution in [0.5, 0.6) is 5.75 Å². The summed E-state index contributed by atoms with van der Waals surface area (Å²) in [5.74, 6) is -0.114. The van der Waals surface area contributed by atoms with Gasteiger partial charge >= 0.3 is 0 Å². The molecule has 4 rings (SSSR count). The maximum Gasteiger partial charge on any atom is 0.294 e. The van der Waals surface area contributed by atoms with Crippen molar-refractivity contribution in [1.82, 2.24) is 0 Å². The summed E-state index contributed by atoms with van der Waals surface area (Å²) in [5.41, 5.74) is 4.22. The summed E-state index contributed by atoms with van der Waals surface area (Å²) in [6.07, 6.45) is 1.22. The number of rotatable bonds is 5. The summed E-state index contributed by atoms with van der Waals surface area (Å²) in [4.78, 5) is -0.0940. The Morgan fingerprint density at radius 1 is 1.10 bits per heavy atom. The maximum atomic E-state index is 14.7. The summed E-state index contributed by atoms with van der Waals surface area (Å²) in [6.45, 7) is 1.99. The summed E-state index contributed by atoms with van der Waals surface area (Å²) in [5, 5.41) is 0. The van der Waals surface area contributed by atoms with E-state index >= 15 is 0 Å². The van der Waals surface area contributed by atoms with Gasteiger partial charge in [-0.25, -0.2) is 4.39 Å². The smallest absolute Gasteiger partial charge is 0.294 e. The minimum absolute atomic E-state index is 0.0940. The molecule has 3 aromatic carbocycles. The fourth-order valence-electron chi connectivity index (χ4n) is 3.88. The third kappa shape index (κ3) is 4.04. The molecule has 6 heteroatoms. The average molecular weight is 412 g/mol. The molecule has 3 aromatic rings. The SMILES string of the molecule is Cc1ccccc1-c1cc(F)c2c(c1)CC(CCc1ccccc1S(=O)(=O)O)O2. The van der Waals surface area contributed by atoms with E-state index in [2.05, 4.69) is 0 Å². The Labute approximate surface area is 169 Å². The van der Waals surface area contributed by atoms with E-state index in [0.717, 1.165) is 22.3 Å². The van der Waals surface area contributed by atoms with Crippen LogP contribution in [0.25, 0.3) is 11.1 Å². The van der Waals surface area contributed by atoms with E-state index in [1.54, 1.807) is 18.2 Å². The maximum absolute atomic E-state index is 14.7. The molecule has 0 fully saturated rings. The van der Waals surface area contributed by atoms with Crippen molar-refractivity contribution >= 4 is 10.1 Å². The molecule has 0 saturated carbocycles. The zero-order valence-corrected chi connectivity index (χ0v) is 16.7. The number of halogens is 1. The van der Waals surface area contributed by atoms with Crippen LogP contribution < -0.4 is 4.74 Å². The Kier molecular flexibility index (Phi) is 5.15. The van der Waals surface area contributed by atoms with Gasteiger partial charge in [0, 0.05) is 12.0 Å². The molecule has 1 aliphatic rings. The Morgan fingerprint density at radius 2 is 1.83 bits per heavy atom. The van der Waals surface area contributed by atoms with Gasteiger partial charge in [0.1, 0.15) is 6.10 Å². The third-order valence-electron chi connectivity index (χ3n) is 5.29. The van der Waals surface area contributed by atoms with Crippen molar-refractivity contribution < 1.29 is 22.1 Å². The molecule has 29 heavy (non-hydrogen) atoms. The van der Waals surface area contributed by atoms with Crippen molar-refractivity contribution in [2.24, 2.45) is 0 Å². The van der Waals surface area contributed by atoms with Crippen LogP contribution in [0, 0.1) is 12.7 Å². The van der Waals surface area contributed by atoms with E-state index in [1.165, 1.54) is 12.1 Å². The van der Waals surface area contributed by atoms with Crippen LogP contribution >= 0.6 is 0 Å². The standard InChI is InChI=1S/C23H21FO4S/c1-15-6-2-4-8-20(15)17-12-18-13-19(28-23(18)21(24)14-17)11-10-16-7-3-5-9-22(16)29(25,26)27/h2-9,12,14,19H,10-11,13H2,1H3,(H,25,26,27). The highest BCUT2D eigenvalue weighted by Crippen LogP contribution is 2.37. The van der Waals surface area contributed by atoms with E-state index in [4.69, 9.17) is 4.74 Å². The molecule has 0 aromatic heterocycles. The molecule has 1 atom stereocenters. The first-order valence-electron chi connectivity index (χ1n) is 9.43. The summed E-state index contributed by atoms with van der Waals surface area (Å²) in [7, 11) is -4.28. The number of benzene rings is 3. The lowest BCUT2D eigenvalue weighted by Gasteiger charge is -2.12. The van der Waals surface area contributed by atoms with Crippen LogP contribution in [0.2, 0.25) is 0 Å². The van der Waals surface area contributed by atoms with E-state index < -0.39 is 10.1 Å². The molecule has 0 bridgehead atoms. The van der Waals surface area contributed by atoms with Crippen molar-refractivity contribution in [3.8, 4) is 16.9 Å². The second-order valence-corrected chi connectivity index (χ2v) is 8.72. The van der Waals surface area contributed by atoms with Crippen molar-refractivity contribution in [1.29, 1.82) is 0 Å². The van der Waals surface area contributed by atoms with Gasteiger partial charge in [-0.05, 0) is 60.2 Å². The quantitative estimate of drug-likeness (QED) is 0.600. The van der Waals surface area contributed by atoms with Gasteiger partial charge in [0.15, 0.2) is 11.6 Å². The zero-order valence-electron chi connectivity index (χ0n) is 15.9. The van der Waals surface area contributed by atoms with Crippen LogP contribution in [0.3, 0.4) is 0 Å². The second kappa shape index (κ2) is 7.61. The molecule has 1 N–H and O–H groups in total. The van der Waals surface area contributed by atoms with Gasteiger partial charge in [-0.1, -0.05) is 42.5 Å². The molecule has 4 nitrogen and oxygen atoms in total. The monoisotopic (exact) mass is 412 g/mol. The fourth-order valence-corrected chi connectivity index (χ4v) is 4.63. The molecule has 0 aliphatic carbocycles. The third-order valence-corrected chi connectivity index (χ3v) is 6.25. The molecule has 1 unspecified atom stereocenters. The highest BCUT2D eigenvalue weighted by atomic mass is 32.2. The normalized spacial score (nSPS) is 15.8. The Balaban J connectivity index is 1.53. The first-order valence-corrected chi connectivity index (χ1v) is 10.9. The Morgan fingerprint density at radius 3 is 2.59 bits per heavy atom. The zero-order chi connectivity index (χ0) is 20.6. The van der Waals surface area contributed by atoms with Crippen molar-refractivity contribution in [2.45, 2.75) is 37.2 Å². The number of hydrogen-bond donors (Lipinski definition) is 1. The largest absolute Gasteiger partial charge is 0.487 e. The number of ether oxygens (including phenoxy) is 1. The fraction of sp³-hybridized carbons (Fsp3) is 0.217. The van der Waals surface area contributed by atoms with Crippen molar-refractivity contribution in [3.05, 3.63) is 83.2 Å². The van der Waals surface area contributed by atoms with Gasteiger partial charge in [0.05, 0.1) is 4.90 Å². The van der Waals surface area contributed by atoms with Crippen molar-refractivity contribution in [3.63, 3.8) is 0 Å². The van der Waals surface area contributed by atoms with Gasteiger partial charge in [-0.2, -0.15) is 8.42 Å². The van der Waals surface area contributed by atoms with E-state index in [0.29, 0.717) is 24.8 Å². The molecular weight excluding hydrogens is 391 g/mol. The predicted octanol–water partition coefficient (Wildman–Crippen LogP) is 4.98. The molecule has 0 amide bonds. The first-order chi connectivity index (χ1) is 13.8. The van der Waals surface area contributed by atoms with Crippen molar-refractivity contribution in [2.75, 3.05) is 0 Å². The first kappa shape index (κ1) is 19.6. The minimum Gasteiger partial charge on any atom is -0.487 e. The van der Waals surface area contributed by atoms with E-state index in [1.807, 2.05) is 37.3 Å². The average Bonchev–Trinajstić information content (AvgIpc) is 3.10. The van der Waals surface area contributed by atoms with Crippen LogP contribution in [0.15, 0.2) is 65.6 Å². The number of fused-ring (bicyclic) bond motifs is 1. The highest BCUT2D eigenvalue weighted by molar-refractivity contribution is 7.85. The van der Waals surface area contributed by atoms with Crippen LogP contribution in [-0.2, 0) is 23.0 Å². The molecule has 0 radical (unpaired) electrons. The molecular formula is C23H21FO4S. The van der Waals surface area contributed by atoms with Crippen LogP contribution in [0.1, 0.15) is 23.1 Å². The van der Waals surface area contributed by atoms with E-state index in [-0.39, 0.29) is 22.6 Å². The molecule has 1 heterocycles. The topological polar surface area (TPSA) is 63.6 Å². The lowest BCUT2D eigenvalue weighted by molar-refractivity contribution is 0.213. The predicted molar refractivity (Wildman–Crippen MR) is 109 cm³/mol. The molecule has 150 valence electrons. The second-order valence-electron chi connectivity index (χ2n) is 7.33. The van der Waals surface area contributed by atoms with Crippen LogP contribution in [0.4, 0.5) is 4.39 Å². The van der Waals surface area contributed by atoms with Crippen LogP contribution in [-0.4, -0.2) is 19.1 Å². The summed E-state index contributed by atoms with van der Waals surface area (Å²) < 4.78 is 53.0. The van der Waals surface area contributed by atoms with Gasteiger partial charge < -0.3 is 4.74 Å². The lowest BCUT2D eigenvalue weighted by Crippen LogP contribution is -2.15. The lowest BCUT2D eigenvalue weighted by atomic mass is 9.96. The molecule has 1 aliphatic heterocycles. The van der Waals surface area contributed by atoms with Gasteiger partial charge in [-0.15, -0.1) is 0 Å². The molecule has 0 saturated heterocycles. The van der Waals surface area contributed by atoms with E-state index in [9.17, 15) is 17.4 Å².